The summed E-state index contributed by atoms with van der Waals surface area (Å²) >= 11 is 1.72. The van der Waals surface area contributed by atoms with Crippen LogP contribution >= 0.6 is 11.3 Å². The van der Waals surface area contributed by atoms with Crippen molar-refractivity contribution in [2.75, 3.05) is 26.8 Å². The minimum absolute atomic E-state index is 0.00604. The van der Waals surface area contributed by atoms with E-state index in [4.69, 9.17) is 9.47 Å². The van der Waals surface area contributed by atoms with Gasteiger partial charge in [0.25, 0.3) is 0 Å². The fourth-order valence-electron chi connectivity index (χ4n) is 3.96. The zero-order valence-electron chi connectivity index (χ0n) is 20.2. The predicted molar refractivity (Wildman–Crippen MR) is 131 cm³/mol. The minimum atomic E-state index is -0.204. The second-order valence-electron chi connectivity index (χ2n) is 8.63. The molecule has 3 amide bonds. The van der Waals surface area contributed by atoms with Gasteiger partial charge in [-0.1, -0.05) is 13.0 Å². The Kier molecular flexibility index (Phi) is 8.61. The van der Waals surface area contributed by atoms with Gasteiger partial charge in [-0.15, -0.1) is 11.3 Å². The van der Waals surface area contributed by atoms with Crippen molar-refractivity contribution < 1.29 is 19.1 Å². The van der Waals surface area contributed by atoms with E-state index < -0.39 is 0 Å². The highest BCUT2D eigenvalue weighted by molar-refractivity contribution is 7.10. The monoisotopic (exact) mass is 473 g/mol. The number of ether oxygens (including phenoxy) is 2. The highest BCUT2D eigenvalue weighted by Crippen LogP contribution is 2.34. The van der Waals surface area contributed by atoms with Crippen molar-refractivity contribution >= 4 is 23.3 Å². The fourth-order valence-corrected chi connectivity index (χ4v) is 4.88. The number of carbonyl (C=O) groups excluding carboxylic acids is 2. The molecule has 2 heterocycles. The molecule has 2 atom stereocenters. The predicted octanol–water partition coefficient (Wildman–Crippen LogP) is 4.48. The first-order chi connectivity index (χ1) is 15.8. The molecule has 1 aromatic heterocycles. The number of nitrogens with zero attached hydrogens (tertiary/aromatic N) is 2. The van der Waals surface area contributed by atoms with Crippen LogP contribution in [0.5, 0.6) is 11.5 Å². The van der Waals surface area contributed by atoms with Crippen molar-refractivity contribution in [3.63, 3.8) is 0 Å². The number of fused-ring (bicyclic) bond motifs is 1. The van der Waals surface area contributed by atoms with Gasteiger partial charge >= 0.3 is 6.03 Å². The zero-order valence-corrected chi connectivity index (χ0v) is 21.0. The van der Waals surface area contributed by atoms with Crippen LogP contribution in [-0.4, -0.2) is 60.6 Å². The molecule has 0 spiro atoms. The standard InChI is InChI=1S/C25H35N3O4S/c1-6-18(4)28(25(30)26-17(2)3)15-24(29)27-12-10-23-21(11-13-33-23)22(27)16-32-20-9-7-8-19(14-20)31-5/h7-9,11,13-14,17-18,22H,6,10,12,15-16H2,1-5H3,(H,26,30)/t18-,22-/m1/s1. The molecule has 1 N–H and O–H groups in total. The Hall–Kier alpha value is -2.74. The lowest BCUT2D eigenvalue weighted by Gasteiger charge is -2.38. The average molecular weight is 474 g/mol. The van der Waals surface area contributed by atoms with Crippen molar-refractivity contribution in [2.24, 2.45) is 0 Å². The zero-order chi connectivity index (χ0) is 24.0. The Balaban J connectivity index is 1.78. The average Bonchev–Trinajstić information content (AvgIpc) is 3.29. The second kappa shape index (κ2) is 11.4. The Morgan fingerprint density at radius 3 is 2.70 bits per heavy atom. The molecule has 1 aliphatic heterocycles. The summed E-state index contributed by atoms with van der Waals surface area (Å²) in [5.41, 5.74) is 1.13. The molecule has 8 heteroatoms. The van der Waals surface area contributed by atoms with Gasteiger partial charge in [0.1, 0.15) is 24.7 Å². The SMILES string of the molecule is CC[C@@H](C)N(CC(=O)N1CCc2sccc2[C@H]1COc1cccc(OC)c1)C(=O)NC(C)C. The van der Waals surface area contributed by atoms with Gasteiger partial charge in [0, 0.05) is 29.6 Å². The van der Waals surface area contributed by atoms with Crippen molar-refractivity contribution in [2.45, 2.75) is 58.7 Å². The summed E-state index contributed by atoms with van der Waals surface area (Å²) in [5, 5.41) is 5.00. The number of hydrogen-bond donors (Lipinski definition) is 1. The molecule has 33 heavy (non-hydrogen) atoms. The first-order valence-corrected chi connectivity index (χ1v) is 12.4. The van der Waals surface area contributed by atoms with Crippen LogP contribution in [0.4, 0.5) is 4.79 Å². The summed E-state index contributed by atoms with van der Waals surface area (Å²) in [6, 6.07) is 9.11. The number of urea groups is 1. The van der Waals surface area contributed by atoms with Gasteiger partial charge in [-0.2, -0.15) is 0 Å². The van der Waals surface area contributed by atoms with Crippen LogP contribution in [0.25, 0.3) is 0 Å². The van der Waals surface area contributed by atoms with E-state index in [1.54, 1.807) is 23.3 Å². The molecule has 1 aliphatic rings. The van der Waals surface area contributed by atoms with Crippen LogP contribution in [-0.2, 0) is 11.2 Å². The van der Waals surface area contributed by atoms with Crippen LogP contribution in [0.15, 0.2) is 35.7 Å². The summed E-state index contributed by atoms with van der Waals surface area (Å²) in [4.78, 5) is 31.1. The number of carbonyl (C=O) groups is 2. The van der Waals surface area contributed by atoms with Crippen LogP contribution in [0.3, 0.4) is 0 Å². The van der Waals surface area contributed by atoms with E-state index in [1.807, 2.05) is 56.9 Å². The summed E-state index contributed by atoms with van der Waals surface area (Å²) in [5.74, 6) is 1.35. The maximum absolute atomic E-state index is 13.5. The van der Waals surface area contributed by atoms with Crippen LogP contribution in [0, 0.1) is 0 Å². The Morgan fingerprint density at radius 1 is 1.24 bits per heavy atom. The van der Waals surface area contributed by atoms with E-state index >= 15 is 0 Å². The topological polar surface area (TPSA) is 71.1 Å². The Bertz CT molecular complexity index is 945. The van der Waals surface area contributed by atoms with Gasteiger partial charge in [-0.25, -0.2) is 4.79 Å². The summed E-state index contributed by atoms with van der Waals surface area (Å²) in [6.07, 6.45) is 1.59. The maximum atomic E-state index is 13.5. The molecular formula is C25H35N3O4S. The van der Waals surface area contributed by atoms with E-state index in [0.29, 0.717) is 18.9 Å². The molecule has 0 unspecified atom stereocenters. The quantitative estimate of drug-likeness (QED) is 0.583. The highest BCUT2D eigenvalue weighted by atomic mass is 32.1. The highest BCUT2D eigenvalue weighted by Gasteiger charge is 2.34. The Morgan fingerprint density at radius 2 is 2.00 bits per heavy atom. The first-order valence-electron chi connectivity index (χ1n) is 11.5. The van der Waals surface area contributed by atoms with Gasteiger partial charge in [-0.05, 0) is 62.8 Å². The van der Waals surface area contributed by atoms with Crippen molar-refractivity contribution in [3.8, 4) is 11.5 Å². The number of benzene rings is 1. The summed E-state index contributed by atoms with van der Waals surface area (Å²) < 4.78 is 11.4. The lowest BCUT2D eigenvalue weighted by Crippen LogP contribution is -2.53. The molecular weight excluding hydrogens is 438 g/mol. The molecule has 2 aromatic rings. The molecule has 0 fully saturated rings. The van der Waals surface area contributed by atoms with E-state index in [2.05, 4.69) is 16.8 Å². The molecule has 7 nitrogen and oxygen atoms in total. The van der Waals surface area contributed by atoms with Crippen LogP contribution in [0.1, 0.15) is 50.6 Å². The fraction of sp³-hybridized carbons (Fsp3) is 0.520. The third-order valence-electron chi connectivity index (χ3n) is 5.97. The third-order valence-corrected chi connectivity index (χ3v) is 6.96. The van der Waals surface area contributed by atoms with Crippen LogP contribution in [0.2, 0.25) is 0 Å². The summed E-state index contributed by atoms with van der Waals surface area (Å²) in [7, 11) is 1.62. The Labute approximate surface area is 200 Å². The van der Waals surface area contributed by atoms with Gasteiger partial charge in [-0.3, -0.25) is 4.79 Å². The number of hydrogen-bond acceptors (Lipinski definition) is 5. The number of rotatable bonds is 9. The van der Waals surface area contributed by atoms with E-state index in [-0.39, 0.29) is 36.6 Å². The number of thiophene rings is 1. The normalized spacial score (nSPS) is 16.2. The van der Waals surface area contributed by atoms with E-state index in [0.717, 1.165) is 24.2 Å². The molecule has 0 saturated carbocycles. The smallest absolute Gasteiger partial charge is 0.318 e. The van der Waals surface area contributed by atoms with Crippen molar-refractivity contribution in [3.05, 3.63) is 46.2 Å². The van der Waals surface area contributed by atoms with E-state index in [9.17, 15) is 9.59 Å². The number of amides is 3. The molecule has 180 valence electrons. The van der Waals surface area contributed by atoms with Crippen molar-refractivity contribution in [1.29, 1.82) is 0 Å². The number of nitrogens with one attached hydrogen (secondary N) is 1. The molecule has 0 bridgehead atoms. The lowest BCUT2D eigenvalue weighted by atomic mass is 10.00. The van der Waals surface area contributed by atoms with E-state index in [1.165, 1.54) is 4.88 Å². The molecule has 0 saturated heterocycles. The molecule has 0 aliphatic carbocycles. The van der Waals surface area contributed by atoms with Gasteiger partial charge in [0.05, 0.1) is 13.2 Å². The minimum Gasteiger partial charge on any atom is -0.497 e. The second-order valence-corrected chi connectivity index (χ2v) is 9.63. The number of methoxy groups -OCH3 is 1. The molecule has 1 aromatic carbocycles. The summed E-state index contributed by atoms with van der Waals surface area (Å²) in [6.45, 7) is 8.83. The van der Waals surface area contributed by atoms with Gasteiger partial charge in [0.15, 0.2) is 0 Å². The third kappa shape index (κ3) is 6.19. The molecule has 3 rings (SSSR count). The van der Waals surface area contributed by atoms with Gasteiger partial charge < -0.3 is 24.6 Å². The first kappa shape index (κ1) is 24.9. The largest absolute Gasteiger partial charge is 0.497 e. The lowest BCUT2D eigenvalue weighted by molar-refractivity contribution is -0.136. The maximum Gasteiger partial charge on any atom is 0.318 e. The van der Waals surface area contributed by atoms with Crippen molar-refractivity contribution in [1.82, 2.24) is 15.1 Å². The van der Waals surface area contributed by atoms with Crippen LogP contribution < -0.4 is 14.8 Å². The van der Waals surface area contributed by atoms with Gasteiger partial charge in [0.2, 0.25) is 5.91 Å². The molecule has 0 radical (unpaired) electrons.